The SMILES string of the molecule is Cc1cc(C)cc(C(=O)NCCCOCCOCCOCCCNC(=O)CCCCC2SCC3NC(=O)NC32)c1. The fraction of sp³-hybridized carbons (Fsp3) is 0.690. The van der Waals surface area contributed by atoms with Gasteiger partial charge < -0.3 is 35.5 Å². The summed E-state index contributed by atoms with van der Waals surface area (Å²) in [6.45, 7) is 8.32. The van der Waals surface area contributed by atoms with Crippen molar-refractivity contribution in [1.29, 1.82) is 0 Å². The van der Waals surface area contributed by atoms with Gasteiger partial charge in [0.05, 0.1) is 38.5 Å². The van der Waals surface area contributed by atoms with Crippen LogP contribution in [0.2, 0.25) is 0 Å². The molecule has 0 bridgehead atoms. The average molecular weight is 579 g/mol. The molecule has 2 aliphatic rings. The molecule has 1 aromatic rings. The highest BCUT2D eigenvalue weighted by Gasteiger charge is 2.42. The zero-order valence-corrected chi connectivity index (χ0v) is 24.7. The van der Waals surface area contributed by atoms with Gasteiger partial charge in [-0.05, 0) is 51.7 Å². The summed E-state index contributed by atoms with van der Waals surface area (Å²) in [4.78, 5) is 35.7. The van der Waals surface area contributed by atoms with E-state index in [1.54, 1.807) is 0 Å². The van der Waals surface area contributed by atoms with E-state index in [4.69, 9.17) is 14.2 Å². The molecule has 0 saturated carbocycles. The number of hydrogen-bond donors (Lipinski definition) is 4. The van der Waals surface area contributed by atoms with Crippen molar-refractivity contribution < 1.29 is 28.6 Å². The zero-order valence-electron chi connectivity index (χ0n) is 23.9. The molecule has 0 spiro atoms. The molecule has 2 fully saturated rings. The number of urea groups is 1. The molecule has 0 aliphatic carbocycles. The molecule has 0 radical (unpaired) electrons. The fourth-order valence-corrected chi connectivity index (χ4v) is 6.43. The first-order valence-electron chi connectivity index (χ1n) is 14.5. The Hall–Kier alpha value is -2.34. The molecule has 4 N–H and O–H groups in total. The second kappa shape index (κ2) is 18.2. The van der Waals surface area contributed by atoms with Crippen molar-refractivity contribution in [1.82, 2.24) is 21.3 Å². The van der Waals surface area contributed by atoms with Gasteiger partial charge in [-0.2, -0.15) is 11.8 Å². The van der Waals surface area contributed by atoms with Gasteiger partial charge in [-0.1, -0.05) is 23.6 Å². The first-order valence-corrected chi connectivity index (χ1v) is 15.5. The number of unbranched alkanes of at least 4 members (excludes halogenated alkanes) is 1. The third kappa shape index (κ3) is 12.0. The van der Waals surface area contributed by atoms with Crippen molar-refractivity contribution in [3.63, 3.8) is 0 Å². The summed E-state index contributed by atoms with van der Waals surface area (Å²) in [5.74, 6) is 0.997. The predicted octanol–water partition coefficient (Wildman–Crippen LogP) is 2.71. The van der Waals surface area contributed by atoms with Crippen LogP contribution in [0.15, 0.2) is 18.2 Å². The Morgan fingerprint density at radius 2 is 1.48 bits per heavy atom. The molecular formula is C29H46N4O6S. The number of hydrogen-bond acceptors (Lipinski definition) is 7. The molecule has 0 aromatic heterocycles. The van der Waals surface area contributed by atoms with Crippen molar-refractivity contribution in [2.24, 2.45) is 0 Å². The number of aryl methyl sites for hydroxylation is 2. The lowest BCUT2D eigenvalue weighted by molar-refractivity contribution is -0.121. The van der Waals surface area contributed by atoms with Crippen LogP contribution in [0, 0.1) is 13.8 Å². The van der Waals surface area contributed by atoms with E-state index in [0.717, 1.165) is 49.0 Å². The van der Waals surface area contributed by atoms with Crippen LogP contribution < -0.4 is 21.3 Å². The molecule has 2 aliphatic heterocycles. The molecule has 2 saturated heterocycles. The second-order valence-electron chi connectivity index (χ2n) is 10.4. The highest BCUT2D eigenvalue weighted by atomic mass is 32.2. The van der Waals surface area contributed by atoms with Gasteiger partial charge in [-0.25, -0.2) is 4.79 Å². The van der Waals surface area contributed by atoms with Crippen molar-refractivity contribution in [3.05, 3.63) is 34.9 Å². The van der Waals surface area contributed by atoms with E-state index in [-0.39, 0.29) is 29.9 Å². The van der Waals surface area contributed by atoms with Gasteiger partial charge >= 0.3 is 6.03 Å². The number of thioether (sulfide) groups is 1. The van der Waals surface area contributed by atoms with Crippen LogP contribution in [-0.4, -0.2) is 93.7 Å². The summed E-state index contributed by atoms with van der Waals surface area (Å²) in [5, 5.41) is 12.3. The minimum atomic E-state index is -0.0549. The molecule has 4 amide bonds. The van der Waals surface area contributed by atoms with Gasteiger partial charge in [-0.15, -0.1) is 0 Å². The first-order chi connectivity index (χ1) is 19.4. The Balaban J connectivity index is 1.02. The maximum absolute atomic E-state index is 12.2. The highest BCUT2D eigenvalue weighted by molar-refractivity contribution is 8.00. The van der Waals surface area contributed by atoms with E-state index < -0.39 is 0 Å². The van der Waals surface area contributed by atoms with Crippen LogP contribution in [0.5, 0.6) is 0 Å². The van der Waals surface area contributed by atoms with Crippen molar-refractivity contribution in [2.45, 2.75) is 69.7 Å². The highest BCUT2D eigenvalue weighted by Crippen LogP contribution is 2.33. The maximum atomic E-state index is 12.2. The molecule has 224 valence electrons. The third-order valence-corrected chi connectivity index (χ3v) is 8.36. The van der Waals surface area contributed by atoms with E-state index in [2.05, 4.69) is 21.3 Å². The minimum Gasteiger partial charge on any atom is -0.379 e. The molecular weight excluding hydrogens is 532 g/mol. The van der Waals surface area contributed by atoms with Gasteiger partial charge in [0.2, 0.25) is 5.91 Å². The molecule has 11 heteroatoms. The minimum absolute atomic E-state index is 0.0538. The van der Waals surface area contributed by atoms with Crippen LogP contribution in [-0.2, 0) is 19.0 Å². The second-order valence-corrected chi connectivity index (χ2v) is 11.7. The van der Waals surface area contributed by atoms with Gasteiger partial charge in [0, 0.05) is 49.3 Å². The Kier molecular flexibility index (Phi) is 14.6. The standard InChI is InChI=1S/C29H46N4O6S/c1-21-17-22(2)19-23(18-21)28(35)31-10-6-12-38-14-16-39-15-13-37-11-5-9-30-26(34)8-4-3-7-25-27-24(20-40-25)32-29(36)33-27/h17-19,24-25,27H,3-16,20H2,1-2H3,(H,30,34)(H,31,35)(H2,32,33,36). The monoisotopic (exact) mass is 578 g/mol. The summed E-state index contributed by atoms with van der Waals surface area (Å²) in [5.41, 5.74) is 2.86. The summed E-state index contributed by atoms with van der Waals surface area (Å²) < 4.78 is 16.6. The van der Waals surface area contributed by atoms with E-state index in [1.807, 2.05) is 43.8 Å². The summed E-state index contributed by atoms with van der Waals surface area (Å²) in [7, 11) is 0. The Morgan fingerprint density at radius 1 is 0.850 bits per heavy atom. The maximum Gasteiger partial charge on any atom is 0.315 e. The van der Waals surface area contributed by atoms with Crippen molar-refractivity contribution in [2.75, 3.05) is 58.5 Å². The normalized spacial score (nSPS) is 19.6. The number of rotatable bonds is 20. The molecule has 3 atom stereocenters. The Morgan fingerprint density at radius 3 is 2.15 bits per heavy atom. The molecule has 10 nitrogen and oxygen atoms in total. The van der Waals surface area contributed by atoms with Crippen LogP contribution in [0.3, 0.4) is 0 Å². The van der Waals surface area contributed by atoms with E-state index in [0.29, 0.717) is 70.0 Å². The molecule has 2 heterocycles. The van der Waals surface area contributed by atoms with E-state index >= 15 is 0 Å². The number of fused-ring (bicyclic) bond motifs is 1. The fourth-order valence-electron chi connectivity index (χ4n) is 4.89. The number of nitrogens with one attached hydrogen (secondary N) is 4. The number of benzene rings is 1. The van der Waals surface area contributed by atoms with E-state index in [1.165, 1.54) is 0 Å². The lowest BCUT2D eigenvalue weighted by Crippen LogP contribution is -2.36. The summed E-state index contributed by atoms with van der Waals surface area (Å²) >= 11 is 1.91. The quantitative estimate of drug-likeness (QED) is 0.138. The molecule has 1 aromatic carbocycles. The zero-order chi connectivity index (χ0) is 28.6. The number of carbonyl (C=O) groups excluding carboxylic acids is 3. The average Bonchev–Trinajstić information content (AvgIpc) is 3.47. The van der Waals surface area contributed by atoms with Crippen LogP contribution in [0.25, 0.3) is 0 Å². The van der Waals surface area contributed by atoms with Crippen LogP contribution >= 0.6 is 11.8 Å². The molecule has 3 rings (SSSR count). The van der Waals surface area contributed by atoms with Crippen molar-refractivity contribution >= 4 is 29.6 Å². The van der Waals surface area contributed by atoms with Crippen molar-refractivity contribution in [3.8, 4) is 0 Å². The van der Waals surface area contributed by atoms with Gasteiger partial charge in [0.25, 0.3) is 5.91 Å². The topological polar surface area (TPSA) is 127 Å². The summed E-state index contributed by atoms with van der Waals surface area (Å²) in [6.07, 6.45) is 4.93. The predicted molar refractivity (Wildman–Crippen MR) is 157 cm³/mol. The first kappa shape index (κ1) is 32.2. The van der Waals surface area contributed by atoms with Crippen LogP contribution in [0.4, 0.5) is 4.79 Å². The summed E-state index contributed by atoms with van der Waals surface area (Å²) in [6, 6.07) is 6.27. The number of amides is 4. The Bertz CT molecular complexity index is 929. The van der Waals surface area contributed by atoms with E-state index in [9.17, 15) is 14.4 Å². The number of ether oxygens (including phenoxy) is 3. The van der Waals surface area contributed by atoms with Gasteiger partial charge in [0.15, 0.2) is 0 Å². The lowest BCUT2D eigenvalue weighted by atomic mass is 10.0. The Labute approximate surface area is 242 Å². The molecule has 40 heavy (non-hydrogen) atoms. The third-order valence-electron chi connectivity index (χ3n) is 6.85. The smallest absolute Gasteiger partial charge is 0.315 e. The number of carbonyl (C=O) groups is 3. The van der Waals surface area contributed by atoms with Gasteiger partial charge in [-0.3, -0.25) is 9.59 Å². The van der Waals surface area contributed by atoms with Gasteiger partial charge in [0.1, 0.15) is 0 Å². The van der Waals surface area contributed by atoms with Crippen LogP contribution in [0.1, 0.15) is 60.0 Å². The lowest BCUT2D eigenvalue weighted by Gasteiger charge is -2.16. The molecule has 3 unspecified atom stereocenters. The largest absolute Gasteiger partial charge is 0.379 e.